The number of anilines is 2. The van der Waals surface area contributed by atoms with Crippen molar-refractivity contribution < 1.29 is 43.8 Å². The molecule has 0 radical (unpaired) electrons. The molecule has 0 aliphatic carbocycles. The summed E-state index contributed by atoms with van der Waals surface area (Å²) in [5.41, 5.74) is 13.2. The first-order chi connectivity index (χ1) is 23.8. The molecule has 18 nitrogen and oxygen atoms in total. The van der Waals surface area contributed by atoms with Gasteiger partial charge in [0.25, 0.3) is 0 Å². The fraction of sp³-hybridized carbons (Fsp3) is 0.0690. The SMILES string of the molecule is COc1cc(N=Nc2c(SOOO)cc3ccc(N=Nc4ccc(N)nc4N)cc3c2O)c(OC)cc1N=Nc1ccc(SOOO)cc1. The smallest absolute Gasteiger partial charge is 0.153 e. The first-order valence-corrected chi connectivity index (χ1v) is 15.0. The number of azo groups is 3. The third kappa shape index (κ3) is 8.72. The minimum atomic E-state index is -0.285. The van der Waals surface area contributed by atoms with Crippen LogP contribution in [0.4, 0.5) is 45.8 Å². The second-order valence-corrected chi connectivity index (χ2v) is 10.9. The Morgan fingerprint density at radius 3 is 1.92 bits per heavy atom. The molecule has 0 amide bonds. The fourth-order valence-electron chi connectivity index (χ4n) is 4.14. The number of rotatable bonds is 14. The van der Waals surface area contributed by atoms with Gasteiger partial charge in [-0.3, -0.25) is 0 Å². The number of methoxy groups -OCH3 is 2. The average molecular weight is 708 g/mol. The van der Waals surface area contributed by atoms with Crippen LogP contribution in [0, 0.1) is 0 Å². The van der Waals surface area contributed by atoms with Gasteiger partial charge in [0.15, 0.2) is 11.6 Å². The summed E-state index contributed by atoms with van der Waals surface area (Å²) in [6, 6.07) is 19.5. The number of hydrogen-bond acceptors (Lipinski definition) is 20. The molecular formula is C29H25N9O9S2. The maximum absolute atomic E-state index is 11.4. The van der Waals surface area contributed by atoms with E-state index >= 15 is 0 Å². The van der Waals surface area contributed by atoms with Gasteiger partial charge in [-0.05, 0) is 60.0 Å². The lowest BCUT2D eigenvalue weighted by molar-refractivity contribution is -0.432. The molecule has 5 rings (SSSR count). The van der Waals surface area contributed by atoms with Gasteiger partial charge in [-0.2, -0.15) is 10.2 Å². The molecule has 252 valence electrons. The number of aromatic hydroxyl groups is 1. The van der Waals surface area contributed by atoms with Crippen LogP contribution in [0.25, 0.3) is 10.8 Å². The third-order valence-corrected chi connectivity index (χ3v) is 7.61. The van der Waals surface area contributed by atoms with Crippen LogP contribution >= 0.6 is 24.1 Å². The van der Waals surface area contributed by atoms with Crippen LogP contribution in [0.2, 0.25) is 0 Å². The molecule has 0 saturated carbocycles. The number of phenols is 1. The predicted molar refractivity (Wildman–Crippen MR) is 179 cm³/mol. The molecule has 1 aromatic heterocycles. The number of benzene rings is 4. The van der Waals surface area contributed by atoms with Gasteiger partial charge >= 0.3 is 0 Å². The summed E-state index contributed by atoms with van der Waals surface area (Å²) >= 11 is 1.40. The minimum absolute atomic E-state index is 0.0297. The number of phenolic OH excluding ortho intramolecular Hbond substituents is 1. The van der Waals surface area contributed by atoms with Crippen LogP contribution < -0.4 is 20.9 Å². The Hall–Kier alpha value is -5.45. The standard InChI is InChI=1S/C29H25N9O9S2/c1-42-23-14-22(24(43-2)13-21(23)36-33-16-5-7-18(8-6-16)48-46-44-40)37-38-27-25(49-47-45-41)11-15-3-4-17(12-19(15)28(27)39)34-35-20-9-10-26(30)32-29(20)31/h3-14,39-41H,1-2H3,(H4,30,31,32). The number of fused-ring (bicyclic) bond motifs is 1. The number of aromatic nitrogens is 1. The Morgan fingerprint density at radius 2 is 1.27 bits per heavy atom. The van der Waals surface area contributed by atoms with Crippen LogP contribution in [0.15, 0.2) is 113 Å². The quantitative estimate of drug-likeness (QED) is 0.0312. The van der Waals surface area contributed by atoms with E-state index in [1.54, 1.807) is 66.7 Å². The lowest BCUT2D eigenvalue weighted by atomic mass is 10.1. The zero-order valence-electron chi connectivity index (χ0n) is 25.3. The highest BCUT2D eigenvalue weighted by molar-refractivity contribution is 7.94. The Balaban J connectivity index is 1.47. The highest BCUT2D eigenvalue weighted by atomic mass is 32.2. The summed E-state index contributed by atoms with van der Waals surface area (Å²) in [4.78, 5) is 4.86. The maximum atomic E-state index is 11.4. The molecule has 4 aromatic carbocycles. The number of pyridine rings is 1. The van der Waals surface area contributed by atoms with E-state index in [4.69, 9.17) is 31.5 Å². The van der Waals surface area contributed by atoms with Gasteiger partial charge < -0.3 is 26.0 Å². The van der Waals surface area contributed by atoms with E-state index in [0.717, 1.165) is 12.0 Å². The number of ether oxygens (including phenoxy) is 2. The van der Waals surface area contributed by atoms with E-state index < -0.39 is 0 Å². The largest absolute Gasteiger partial charge is 0.505 e. The fourth-order valence-corrected chi connectivity index (χ4v) is 4.99. The molecule has 49 heavy (non-hydrogen) atoms. The summed E-state index contributed by atoms with van der Waals surface area (Å²) in [6.07, 6.45) is 0. The lowest BCUT2D eigenvalue weighted by Crippen LogP contribution is -1.95. The van der Waals surface area contributed by atoms with Crippen molar-refractivity contribution in [3.8, 4) is 17.2 Å². The molecule has 0 spiro atoms. The first kappa shape index (κ1) is 34.9. The maximum Gasteiger partial charge on any atom is 0.153 e. The lowest BCUT2D eigenvalue weighted by Gasteiger charge is -2.11. The van der Waals surface area contributed by atoms with Crippen molar-refractivity contribution in [2.75, 3.05) is 25.7 Å². The van der Waals surface area contributed by atoms with Crippen molar-refractivity contribution in [1.29, 1.82) is 0 Å². The van der Waals surface area contributed by atoms with Gasteiger partial charge in [-0.1, -0.05) is 16.1 Å². The minimum Gasteiger partial charge on any atom is -0.505 e. The van der Waals surface area contributed by atoms with Crippen molar-refractivity contribution in [3.05, 3.63) is 72.8 Å². The van der Waals surface area contributed by atoms with E-state index in [1.807, 2.05) is 0 Å². The molecule has 5 aromatic rings. The highest BCUT2D eigenvalue weighted by Gasteiger charge is 2.17. The second-order valence-electron chi connectivity index (χ2n) is 9.36. The van der Waals surface area contributed by atoms with Crippen LogP contribution in [0.3, 0.4) is 0 Å². The molecular weight excluding hydrogens is 683 g/mol. The summed E-state index contributed by atoms with van der Waals surface area (Å²) in [5.74, 6) is 0.622. The summed E-state index contributed by atoms with van der Waals surface area (Å²) in [6.45, 7) is 0. The molecule has 0 aliphatic heterocycles. The summed E-state index contributed by atoms with van der Waals surface area (Å²) < 4.78 is 20.1. The van der Waals surface area contributed by atoms with Crippen molar-refractivity contribution in [3.63, 3.8) is 0 Å². The van der Waals surface area contributed by atoms with Crippen molar-refractivity contribution in [2.45, 2.75) is 9.79 Å². The first-order valence-electron chi connectivity index (χ1n) is 13.6. The Bertz CT molecular complexity index is 2030. The molecule has 7 N–H and O–H groups in total. The Morgan fingerprint density at radius 1 is 0.653 bits per heavy atom. The number of hydrogen-bond donors (Lipinski definition) is 5. The zero-order valence-corrected chi connectivity index (χ0v) is 27.0. The van der Waals surface area contributed by atoms with Gasteiger partial charge in [0.05, 0.1) is 54.6 Å². The van der Waals surface area contributed by atoms with Gasteiger partial charge in [0.2, 0.25) is 0 Å². The van der Waals surface area contributed by atoms with Gasteiger partial charge in [0, 0.05) is 22.4 Å². The van der Waals surface area contributed by atoms with E-state index in [2.05, 4.69) is 54.4 Å². The topological polar surface area (TPSA) is 255 Å². The van der Waals surface area contributed by atoms with Gasteiger partial charge in [-0.15, -0.1) is 29.1 Å². The second kappa shape index (κ2) is 16.6. The van der Waals surface area contributed by atoms with E-state index in [1.165, 1.54) is 20.3 Å². The summed E-state index contributed by atoms with van der Waals surface area (Å²) in [5, 5.41) is 62.1. The van der Waals surface area contributed by atoms with Gasteiger partial charge in [-0.25, -0.2) is 15.5 Å². The molecule has 0 aliphatic rings. The number of nitrogens with two attached hydrogens (primary N) is 2. The van der Waals surface area contributed by atoms with Crippen molar-refractivity contribution in [1.82, 2.24) is 4.98 Å². The summed E-state index contributed by atoms with van der Waals surface area (Å²) in [7, 11) is 2.88. The van der Waals surface area contributed by atoms with E-state index in [-0.39, 0.29) is 39.4 Å². The molecule has 0 unspecified atom stereocenters. The normalized spacial score (nSPS) is 11.8. The average Bonchev–Trinajstić information content (AvgIpc) is 3.12. The molecule has 0 saturated heterocycles. The number of nitrogen functional groups attached to an aromatic ring is 2. The monoisotopic (exact) mass is 707 g/mol. The molecule has 1 heterocycles. The predicted octanol–water partition coefficient (Wildman–Crippen LogP) is 9.22. The van der Waals surface area contributed by atoms with Gasteiger partial charge in [0.1, 0.15) is 40.1 Å². The van der Waals surface area contributed by atoms with E-state index in [9.17, 15) is 5.11 Å². The Kier molecular flexibility index (Phi) is 11.8. The molecule has 0 bridgehead atoms. The third-order valence-electron chi connectivity index (χ3n) is 6.40. The van der Waals surface area contributed by atoms with Crippen molar-refractivity contribution >= 4 is 80.6 Å². The number of nitrogens with zero attached hydrogens (tertiary/aromatic N) is 7. The molecule has 20 heteroatoms. The molecule has 0 fully saturated rings. The Labute approximate surface area is 285 Å². The zero-order chi connectivity index (χ0) is 34.8. The van der Waals surface area contributed by atoms with E-state index in [0.29, 0.717) is 56.2 Å². The van der Waals surface area contributed by atoms with Crippen LogP contribution in [0.1, 0.15) is 0 Å². The van der Waals surface area contributed by atoms with Crippen LogP contribution in [-0.2, 0) is 18.7 Å². The van der Waals surface area contributed by atoms with Crippen molar-refractivity contribution in [2.24, 2.45) is 30.7 Å². The van der Waals surface area contributed by atoms with Crippen LogP contribution in [-0.4, -0.2) is 34.8 Å². The molecule has 0 atom stereocenters. The van der Waals surface area contributed by atoms with Crippen LogP contribution in [0.5, 0.6) is 17.2 Å². The highest BCUT2D eigenvalue weighted by Crippen LogP contribution is 2.46.